The summed E-state index contributed by atoms with van der Waals surface area (Å²) in [7, 11) is 0. The maximum atomic E-state index is 14.2. The van der Waals surface area contributed by atoms with Gasteiger partial charge in [0.1, 0.15) is 35.7 Å². The minimum absolute atomic E-state index is 0.201. The van der Waals surface area contributed by atoms with Crippen molar-refractivity contribution in [1.82, 2.24) is 14.7 Å². The fraction of sp³-hybridized carbons (Fsp3) is 0.364. The zero-order valence-electron chi connectivity index (χ0n) is 24.4. The molecular formula is C33H33N3O9. The number of ether oxygens (including phenoxy) is 6. The maximum absolute atomic E-state index is 14.2. The molecule has 7 rings (SSSR count). The molecule has 12 heteroatoms. The van der Waals surface area contributed by atoms with Crippen molar-refractivity contribution >= 4 is 18.3 Å². The standard InChI is InChI=1S/C33H33N3O9/c37-31(43-22-10-4-1-5-11-22)34-28(16-25-19-40-25)35(32(38)44-23-12-6-2-7-13-23)30(18-27-21-42-27)36(29(34)17-26-20-41-26)33(39)45-24-14-8-3-9-15-24/h1-15,25-30H,16-21H2. The van der Waals surface area contributed by atoms with Crippen LogP contribution in [-0.4, -0.2) is 89.6 Å². The number of rotatable bonds is 9. The number of amides is 3. The molecular weight excluding hydrogens is 582 g/mol. The Morgan fingerprint density at radius 3 is 0.956 bits per heavy atom. The number of hydrogen-bond acceptors (Lipinski definition) is 9. The van der Waals surface area contributed by atoms with Crippen LogP contribution in [0.4, 0.5) is 14.4 Å². The lowest BCUT2D eigenvalue weighted by molar-refractivity contribution is -0.134. The number of carbonyl (C=O) groups excluding carboxylic acids is 3. The van der Waals surface area contributed by atoms with Crippen LogP contribution >= 0.6 is 0 Å². The fourth-order valence-electron chi connectivity index (χ4n) is 5.65. The molecule has 4 saturated heterocycles. The third-order valence-corrected chi connectivity index (χ3v) is 8.03. The van der Waals surface area contributed by atoms with Crippen LogP contribution in [0, 0.1) is 0 Å². The molecule has 45 heavy (non-hydrogen) atoms. The summed E-state index contributed by atoms with van der Waals surface area (Å²) < 4.78 is 34.4. The summed E-state index contributed by atoms with van der Waals surface area (Å²) in [5.74, 6) is 0.946. The molecule has 3 atom stereocenters. The van der Waals surface area contributed by atoms with E-state index < -0.39 is 36.8 Å². The summed E-state index contributed by atoms with van der Waals surface area (Å²) in [6.45, 7) is 1.44. The van der Waals surface area contributed by atoms with Gasteiger partial charge in [0, 0.05) is 19.3 Å². The van der Waals surface area contributed by atoms with Gasteiger partial charge in [-0.3, -0.25) is 14.7 Å². The van der Waals surface area contributed by atoms with E-state index in [1.165, 1.54) is 14.7 Å². The molecule has 4 aliphatic rings. The van der Waals surface area contributed by atoms with Crippen LogP contribution in [0.15, 0.2) is 91.0 Å². The number of epoxide rings is 3. The van der Waals surface area contributed by atoms with Gasteiger partial charge in [0.05, 0.1) is 38.1 Å². The first-order valence-corrected chi connectivity index (χ1v) is 15.0. The molecule has 0 aliphatic carbocycles. The number of hydrogen-bond donors (Lipinski definition) is 0. The monoisotopic (exact) mass is 615 g/mol. The second kappa shape index (κ2) is 12.8. The van der Waals surface area contributed by atoms with E-state index in [0.717, 1.165) is 0 Å². The van der Waals surface area contributed by atoms with Crippen LogP contribution in [0.25, 0.3) is 0 Å². The lowest BCUT2D eigenvalue weighted by Crippen LogP contribution is -2.75. The maximum Gasteiger partial charge on any atom is 0.418 e. The van der Waals surface area contributed by atoms with E-state index >= 15 is 0 Å². The molecule has 0 bridgehead atoms. The summed E-state index contributed by atoms with van der Waals surface area (Å²) in [6.07, 6.45) is -4.67. The lowest BCUT2D eigenvalue weighted by atomic mass is 10.0. The van der Waals surface area contributed by atoms with Crippen molar-refractivity contribution in [2.45, 2.75) is 56.1 Å². The Balaban J connectivity index is 1.32. The normalized spacial score (nSPS) is 26.5. The van der Waals surface area contributed by atoms with Crippen molar-refractivity contribution in [1.29, 1.82) is 0 Å². The van der Waals surface area contributed by atoms with Gasteiger partial charge in [-0.1, -0.05) is 54.6 Å². The van der Waals surface area contributed by atoms with Crippen molar-refractivity contribution in [2.75, 3.05) is 19.8 Å². The van der Waals surface area contributed by atoms with Gasteiger partial charge in [-0.05, 0) is 36.4 Å². The van der Waals surface area contributed by atoms with Gasteiger partial charge in [-0.2, -0.15) is 0 Å². The zero-order chi connectivity index (χ0) is 30.8. The highest BCUT2D eigenvalue weighted by Gasteiger charge is 2.57. The Hall–Kier alpha value is -4.65. The van der Waals surface area contributed by atoms with Gasteiger partial charge in [0.2, 0.25) is 0 Å². The molecule has 3 amide bonds. The van der Waals surface area contributed by atoms with Crippen LogP contribution in [-0.2, 0) is 14.2 Å². The second-order valence-corrected chi connectivity index (χ2v) is 11.3. The largest absolute Gasteiger partial charge is 0.418 e. The van der Waals surface area contributed by atoms with Gasteiger partial charge in [-0.15, -0.1) is 0 Å². The minimum Gasteiger partial charge on any atom is -0.410 e. The molecule has 4 aliphatic heterocycles. The number of benzene rings is 3. The molecule has 0 aromatic heterocycles. The Morgan fingerprint density at radius 1 is 0.489 bits per heavy atom. The second-order valence-electron chi connectivity index (χ2n) is 11.3. The van der Waals surface area contributed by atoms with Gasteiger partial charge >= 0.3 is 18.3 Å². The van der Waals surface area contributed by atoms with Crippen LogP contribution in [0.1, 0.15) is 19.3 Å². The van der Waals surface area contributed by atoms with E-state index in [2.05, 4.69) is 0 Å². The molecule has 0 N–H and O–H groups in total. The molecule has 12 nitrogen and oxygen atoms in total. The fourth-order valence-corrected chi connectivity index (χ4v) is 5.65. The number of para-hydroxylation sites is 3. The molecule has 4 fully saturated rings. The van der Waals surface area contributed by atoms with Crippen LogP contribution < -0.4 is 14.2 Å². The first kappa shape index (κ1) is 29.1. The van der Waals surface area contributed by atoms with Gasteiger partial charge < -0.3 is 28.4 Å². The molecule has 234 valence electrons. The van der Waals surface area contributed by atoms with Crippen molar-refractivity contribution < 1.29 is 42.8 Å². The average Bonchev–Trinajstić information content (AvgIpc) is 3.87. The molecule has 3 aromatic carbocycles. The first-order chi connectivity index (χ1) is 22.0. The third-order valence-electron chi connectivity index (χ3n) is 8.03. The van der Waals surface area contributed by atoms with Crippen molar-refractivity contribution in [3.63, 3.8) is 0 Å². The van der Waals surface area contributed by atoms with E-state index in [1.807, 2.05) is 18.2 Å². The predicted octanol–water partition coefficient (Wildman–Crippen LogP) is 4.85. The van der Waals surface area contributed by atoms with E-state index in [4.69, 9.17) is 28.4 Å². The van der Waals surface area contributed by atoms with E-state index in [1.54, 1.807) is 72.8 Å². The molecule has 3 aromatic rings. The van der Waals surface area contributed by atoms with Gasteiger partial charge in [0.15, 0.2) is 0 Å². The Kier molecular flexibility index (Phi) is 8.25. The molecule has 0 radical (unpaired) electrons. The lowest BCUT2D eigenvalue weighted by Gasteiger charge is -2.55. The van der Waals surface area contributed by atoms with Crippen molar-refractivity contribution in [3.05, 3.63) is 91.0 Å². The topological polar surface area (TPSA) is 126 Å². The smallest absolute Gasteiger partial charge is 0.410 e. The van der Waals surface area contributed by atoms with Gasteiger partial charge in [-0.25, -0.2) is 14.4 Å². The summed E-state index contributed by atoms with van der Waals surface area (Å²) >= 11 is 0. The Bertz CT molecular complexity index is 1290. The van der Waals surface area contributed by atoms with E-state index in [9.17, 15) is 14.4 Å². The third kappa shape index (κ3) is 7.03. The van der Waals surface area contributed by atoms with Crippen molar-refractivity contribution in [3.8, 4) is 17.2 Å². The molecule has 3 unspecified atom stereocenters. The molecule has 4 heterocycles. The summed E-state index contributed by atoms with van der Waals surface area (Å²) in [6, 6.07) is 25.9. The van der Waals surface area contributed by atoms with E-state index in [0.29, 0.717) is 37.1 Å². The molecule has 0 spiro atoms. The number of nitrogens with zero attached hydrogens (tertiary/aromatic N) is 3. The highest BCUT2D eigenvalue weighted by atomic mass is 16.6. The van der Waals surface area contributed by atoms with Gasteiger partial charge in [0.25, 0.3) is 0 Å². The zero-order valence-corrected chi connectivity index (χ0v) is 24.4. The summed E-state index contributed by atoms with van der Waals surface area (Å²) in [4.78, 5) is 47.0. The highest BCUT2D eigenvalue weighted by molar-refractivity contribution is 5.79. The summed E-state index contributed by atoms with van der Waals surface area (Å²) in [5, 5.41) is 0. The molecule has 0 saturated carbocycles. The number of carbonyl (C=O) groups is 3. The minimum atomic E-state index is -0.891. The summed E-state index contributed by atoms with van der Waals surface area (Å²) in [5.41, 5.74) is 0. The SMILES string of the molecule is O=C(Oc1ccccc1)N1C(CC2CO2)N(C(=O)Oc2ccccc2)C(CC2CO2)N(C(=O)Oc2ccccc2)C1CC1CO1. The van der Waals surface area contributed by atoms with E-state index in [-0.39, 0.29) is 37.6 Å². The Labute approximate surface area is 259 Å². The van der Waals surface area contributed by atoms with Crippen LogP contribution in [0.5, 0.6) is 17.2 Å². The highest BCUT2D eigenvalue weighted by Crippen LogP contribution is 2.39. The van der Waals surface area contributed by atoms with Crippen LogP contribution in [0.3, 0.4) is 0 Å². The van der Waals surface area contributed by atoms with Crippen molar-refractivity contribution in [2.24, 2.45) is 0 Å². The first-order valence-electron chi connectivity index (χ1n) is 15.0. The predicted molar refractivity (Wildman–Crippen MR) is 157 cm³/mol. The average molecular weight is 616 g/mol. The van der Waals surface area contributed by atoms with Crippen LogP contribution in [0.2, 0.25) is 0 Å². The quantitative estimate of drug-likeness (QED) is 0.311. The Morgan fingerprint density at radius 2 is 0.733 bits per heavy atom.